The van der Waals surface area contributed by atoms with Crippen LogP contribution in [0.4, 0.5) is 0 Å². The van der Waals surface area contributed by atoms with Gasteiger partial charge in [0.2, 0.25) is 5.91 Å². The fourth-order valence-electron chi connectivity index (χ4n) is 5.99. The van der Waals surface area contributed by atoms with Gasteiger partial charge in [0.1, 0.15) is 5.75 Å². The topological polar surface area (TPSA) is 63.2 Å². The molecular formula is C19H33NO3S. The van der Waals surface area contributed by atoms with E-state index in [1.165, 1.54) is 38.5 Å². The highest BCUT2D eigenvalue weighted by Crippen LogP contribution is 2.61. The van der Waals surface area contributed by atoms with Crippen LogP contribution in [0.5, 0.6) is 0 Å². The van der Waals surface area contributed by atoms with Gasteiger partial charge in [0.15, 0.2) is 9.84 Å². The Kier molecular flexibility index (Phi) is 5.29. The van der Waals surface area contributed by atoms with E-state index < -0.39 is 9.84 Å². The minimum Gasteiger partial charge on any atom is -0.352 e. The van der Waals surface area contributed by atoms with Crippen LogP contribution in [0.1, 0.15) is 71.6 Å². The number of nitrogens with one attached hydrogen (secondary N) is 1. The van der Waals surface area contributed by atoms with Crippen molar-refractivity contribution in [2.75, 3.05) is 11.5 Å². The van der Waals surface area contributed by atoms with Crippen LogP contribution in [0.25, 0.3) is 0 Å². The maximum atomic E-state index is 12.3. The third-order valence-electron chi connectivity index (χ3n) is 6.79. The van der Waals surface area contributed by atoms with Gasteiger partial charge in [-0.25, -0.2) is 8.42 Å². The summed E-state index contributed by atoms with van der Waals surface area (Å²) >= 11 is 0. The molecule has 4 bridgehead atoms. The normalized spacial score (nSPS) is 35.8. The molecular weight excluding hydrogens is 322 g/mol. The first-order valence-corrected chi connectivity index (χ1v) is 11.6. The first-order valence-electron chi connectivity index (χ1n) is 9.82. The van der Waals surface area contributed by atoms with Gasteiger partial charge in [-0.2, -0.15) is 0 Å². The molecule has 0 aromatic carbocycles. The average molecular weight is 356 g/mol. The Morgan fingerprint density at radius 2 is 1.62 bits per heavy atom. The molecule has 4 nitrogen and oxygen atoms in total. The van der Waals surface area contributed by atoms with Crippen LogP contribution < -0.4 is 5.32 Å². The molecule has 0 spiro atoms. The molecule has 1 unspecified atom stereocenters. The van der Waals surface area contributed by atoms with E-state index in [4.69, 9.17) is 0 Å². The van der Waals surface area contributed by atoms with Crippen molar-refractivity contribution in [3.05, 3.63) is 0 Å². The molecule has 0 aromatic heterocycles. The summed E-state index contributed by atoms with van der Waals surface area (Å²) in [4.78, 5) is 12.3. The van der Waals surface area contributed by atoms with Crippen molar-refractivity contribution in [1.82, 2.24) is 5.32 Å². The Bertz CT molecular complexity index is 534. The van der Waals surface area contributed by atoms with Crippen molar-refractivity contribution < 1.29 is 13.2 Å². The summed E-state index contributed by atoms with van der Waals surface area (Å²) < 4.78 is 24.2. The number of unbranched alkanes of at least 4 members (excludes halogenated alkanes) is 2. The van der Waals surface area contributed by atoms with E-state index in [1.54, 1.807) is 0 Å². The monoisotopic (exact) mass is 355 g/mol. The SMILES string of the molecule is CCCCCS(=O)(=O)CC(=O)NC(C)C12CC3CC(CC(C3)C1)C2. The molecule has 0 aromatic rings. The lowest BCUT2D eigenvalue weighted by atomic mass is 9.48. The average Bonchev–Trinajstić information content (AvgIpc) is 2.45. The molecule has 1 amide bonds. The second kappa shape index (κ2) is 6.97. The van der Waals surface area contributed by atoms with E-state index >= 15 is 0 Å². The first kappa shape index (κ1) is 18.2. The molecule has 4 saturated carbocycles. The van der Waals surface area contributed by atoms with Crippen LogP contribution in [0.15, 0.2) is 0 Å². The van der Waals surface area contributed by atoms with E-state index in [-0.39, 0.29) is 28.9 Å². The molecule has 0 heterocycles. The summed E-state index contributed by atoms with van der Waals surface area (Å²) in [6, 6.07) is 0.101. The van der Waals surface area contributed by atoms with Crippen molar-refractivity contribution in [3.8, 4) is 0 Å². The second-order valence-corrected chi connectivity index (χ2v) is 11.1. The van der Waals surface area contributed by atoms with E-state index in [9.17, 15) is 13.2 Å². The largest absolute Gasteiger partial charge is 0.352 e. The summed E-state index contributed by atoms with van der Waals surface area (Å²) in [6.45, 7) is 4.15. The highest BCUT2D eigenvalue weighted by molar-refractivity contribution is 7.92. The molecule has 4 rings (SSSR count). The van der Waals surface area contributed by atoms with Gasteiger partial charge in [0, 0.05) is 6.04 Å². The van der Waals surface area contributed by atoms with Crippen molar-refractivity contribution in [2.24, 2.45) is 23.2 Å². The van der Waals surface area contributed by atoms with Crippen molar-refractivity contribution in [1.29, 1.82) is 0 Å². The zero-order valence-corrected chi connectivity index (χ0v) is 16.0. The van der Waals surface area contributed by atoms with Crippen LogP contribution in [0.3, 0.4) is 0 Å². The highest BCUT2D eigenvalue weighted by atomic mass is 32.2. The van der Waals surface area contributed by atoms with Gasteiger partial charge in [-0.1, -0.05) is 19.8 Å². The fourth-order valence-corrected chi connectivity index (χ4v) is 7.26. The van der Waals surface area contributed by atoms with Crippen LogP contribution >= 0.6 is 0 Å². The van der Waals surface area contributed by atoms with Crippen LogP contribution in [0, 0.1) is 23.2 Å². The van der Waals surface area contributed by atoms with Gasteiger partial charge in [0.05, 0.1) is 5.75 Å². The van der Waals surface area contributed by atoms with Crippen LogP contribution in [-0.2, 0) is 14.6 Å². The third-order valence-corrected chi connectivity index (χ3v) is 8.40. The number of amides is 1. The van der Waals surface area contributed by atoms with E-state index in [0.29, 0.717) is 6.42 Å². The number of sulfone groups is 1. The number of carbonyl (C=O) groups excluding carboxylic acids is 1. The molecule has 4 aliphatic carbocycles. The van der Waals surface area contributed by atoms with Crippen molar-refractivity contribution in [2.45, 2.75) is 77.7 Å². The summed E-state index contributed by atoms with van der Waals surface area (Å²) in [7, 11) is -3.27. The predicted octanol–water partition coefficient (Wildman–Crippen LogP) is 3.31. The smallest absolute Gasteiger partial charge is 0.235 e. The Labute approximate surface area is 147 Å². The van der Waals surface area contributed by atoms with E-state index in [2.05, 4.69) is 12.2 Å². The van der Waals surface area contributed by atoms with Gasteiger partial charge in [-0.15, -0.1) is 0 Å². The zero-order valence-electron chi connectivity index (χ0n) is 15.2. The molecule has 1 atom stereocenters. The lowest BCUT2D eigenvalue weighted by Crippen LogP contribution is -2.56. The fraction of sp³-hybridized carbons (Fsp3) is 0.947. The van der Waals surface area contributed by atoms with Crippen LogP contribution in [0.2, 0.25) is 0 Å². The van der Waals surface area contributed by atoms with Crippen LogP contribution in [-0.4, -0.2) is 31.9 Å². The maximum Gasteiger partial charge on any atom is 0.235 e. The minimum absolute atomic E-state index is 0.101. The number of carbonyl (C=O) groups is 1. The summed E-state index contributed by atoms with van der Waals surface area (Å²) in [6.07, 6.45) is 10.4. The van der Waals surface area contributed by atoms with Gasteiger partial charge in [-0.3, -0.25) is 4.79 Å². The maximum absolute atomic E-state index is 12.3. The van der Waals surface area contributed by atoms with Gasteiger partial charge >= 0.3 is 0 Å². The predicted molar refractivity (Wildman–Crippen MR) is 96.4 cm³/mol. The van der Waals surface area contributed by atoms with Crippen molar-refractivity contribution in [3.63, 3.8) is 0 Å². The Balaban J connectivity index is 1.55. The summed E-state index contributed by atoms with van der Waals surface area (Å²) in [5, 5.41) is 3.07. The van der Waals surface area contributed by atoms with Gasteiger partial charge < -0.3 is 5.32 Å². The summed E-state index contributed by atoms with van der Waals surface area (Å²) in [5.74, 6) is 2.03. The van der Waals surface area contributed by atoms with Gasteiger partial charge in [0.25, 0.3) is 0 Å². The van der Waals surface area contributed by atoms with E-state index in [1.807, 2.05) is 6.92 Å². The third kappa shape index (κ3) is 3.97. The highest BCUT2D eigenvalue weighted by Gasteiger charge is 2.53. The molecule has 0 radical (unpaired) electrons. The first-order chi connectivity index (χ1) is 11.3. The number of hydrogen-bond donors (Lipinski definition) is 1. The molecule has 1 N–H and O–H groups in total. The molecule has 24 heavy (non-hydrogen) atoms. The Hall–Kier alpha value is -0.580. The molecule has 4 aliphatic rings. The molecule has 4 fully saturated rings. The molecule has 138 valence electrons. The molecule has 0 saturated heterocycles. The minimum atomic E-state index is -3.27. The number of rotatable bonds is 8. The molecule has 5 heteroatoms. The number of hydrogen-bond acceptors (Lipinski definition) is 3. The quantitative estimate of drug-likeness (QED) is 0.679. The second-order valence-electron chi connectivity index (χ2n) is 8.87. The Morgan fingerprint density at radius 3 is 2.12 bits per heavy atom. The standard InChI is InChI=1S/C19H33NO3S/c1-3-4-5-6-24(22,23)13-18(21)20-14(2)19-10-15-7-16(11-19)9-17(8-15)12-19/h14-17H,3-13H2,1-2H3,(H,20,21). The van der Waals surface area contributed by atoms with Gasteiger partial charge in [-0.05, 0) is 75.0 Å². The lowest BCUT2D eigenvalue weighted by molar-refractivity contribution is -0.123. The molecule has 0 aliphatic heterocycles. The lowest BCUT2D eigenvalue weighted by Gasteiger charge is -2.59. The summed E-state index contributed by atoms with van der Waals surface area (Å²) in [5.41, 5.74) is 0.233. The van der Waals surface area contributed by atoms with Crippen molar-refractivity contribution >= 4 is 15.7 Å². The Morgan fingerprint density at radius 1 is 1.08 bits per heavy atom. The zero-order chi connectivity index (χ0) is 17.4. The van der Waals surface area contributed by atoms with E-state index in [0.717, 1.165) is 30.6 Å².